The van der Waals surface area contributed by atoms with Gasteiger partial charge in [0.25, 0.3) is 0 Å². The molecule has 1 N–H and O–H groups in total. The quantitative estimate of drug-likeness (QED) is 0.589. The van der Waals surface area contributed by atoms with Crippen molar-refractivity contribution < 1.29 is 14.2 Å². The fourth-order valence-electron chi connectivity index (χ4n) is 0.952. The summed E-state index contributed by atoms with van der Waals surface area (Å²) in [5.41, 5.74) is -0.0694. The maximum Gasteiger partial charge on any atom is 0.0707 e. The Hall–Kier alpha value is -0.160. The average molecular weight is 219 g/mol. The maximum atomic E-state index is 5.51. The van der Waals surface area contributed by atoms with Gasteiger partial charge in [-0.1, -0.05) is 0 Å². The van der Waals surface area contributed by atoms with E-state index >= 15 is 0 Å². The van der Waals surface area contributed by atoms with Gasteiger partial charge in [-0.3, -0.25) is 0 Å². The van der Waals surface area contributed by atoms with Crippen LogP contribution in [-0.2, 0) is 14.2 Å². The van der Waals surface area contributed by atoms with E-state index < -0.39 is 0 Å². The van der Waals surface area contributed by atoms with E-state index in [0.29, 0.717) is 13.2 Å². The third kappa shape index (κ3) is 13.8. The molecule has 0 heterocycles. The van der Waals surface area contributed by atoms with Crippen LogP contribution in [0.3, 0.4) is 0 Å². The third-order valence-corrected chi connectivity index (χ3v) is 1.67. The monoisotopic (exact) mass is 219 g/mol. The predicted molar refractivity (Wildman–Crippen MR) is 61.3 cm³/mol. The Balaban J connectivity index is 2.99. The smallest absolute Gasteiger partial charge is 0.0707 e. The molecule has 0 unspecified atom stereocenters. The number of nitrogens with one attached hydrogen (secondary N) is 1. The first-order valence-electron chi connectivity index (χ1n) is 5.47. The zero-order valence-corrected chi connectivity index (χ0v) is 10.5. The number of hydrogen-bond acceptors (Lipinski definition) is 4. The van der Waals surface area contributed by atoms with Crippen LogP contribution in [0.15, 0.2) is 0 Å². The van der Waals surface area contributed by atoms with Crippen LogP contribution in [0, 0.1) is 0 Å². The van der Waals surface area contributed by atoms with E-state index in [2.05, 4.69) is 5.32 Å². The molecule has 0 aromatic heterocycles. The Morgan fingerprint density at radius 1 is 0.933 bits per heavy atom. The molecule has 0 aromatic rings. The van der Waals surface area contributed by atoms with Crippen LogP contribution in [0.5, 0.6) is 0 Å². The van der Waals surface area contributed by atoms with Gasteiger partial charge in [0.15, 0.2) is 0 Å². The lowest BCUT2D eigenvalue weighted by Crippen LogP contribution is -2.25. The van der Waals surface area contributed by atoms with Crippen molar-refractivity contribution in [3.63, 3.8) is 0 Å². The second kappa shape index (κ2) is 9.09. The Morgan fingerprint density at radius 3 is 2.20 bits per heavy atom. The molecule has 0 atom stereocenters. The molecule has 15 heavy (non-hydrogen) atoms. The van der Waals surface area contributed by atoms with Gasteiger partial charge in [0.1, 0.15) is 0 Å². The highest BCUT2D eigenvalue weighted by atomic mass is 16.5. The molecule has 0 saturated carbocycles. The Morgan fingerprint density at radius 2 is 1.60 bits per heavy atom. The Kier molecular flexibility index (Phi) is 9.00. The van der Waals surface area contributed by atoms with Crippen molar-refractivity contribution in [1.29, 1.82) is 0 Å². The Labute approximate surface area is 93.3 Å². The molecule has 0 aliphatic rings. The van der Waals surface area contributed by atoms with Crippen molar-refractivity contribution in [3.05, 3.63) is 0 Å². The van der Waals surface area contributed by atoms with Crippen LogP contribution in [0.2, 0.25) is 0 Å². The summed E-state index contributed by atoms with van der Waals surface area (Å²) >= 11 is 0. The molecule has 0 aromatic carbocycles. The molecule has 0 bridgehead atoms. The number of methoxy groups -OCH3 is 1. The average Bonchev–Trinajstić information content (AvgIpc) is 2.14. The molecule has 0 aliphatic carbocycles. The molecule has 0 amide bonds. The second-order valence-corrected chi connectivity index (χ2v) is 4.32. The highest BCUT2D eigenvalue weighted by Crippen LogP contribution is 2.05. The third-order valence-electron chi connectivity index (χ3n) is 1.67. The van der Waals surface area contributed by atoms with E-state index in [-0.39, 0.29) is 5.60 Å². The van der Waals surface area contributed by atoms with Crippen LogP contribution in [-0.4, -0.2) is 52.2 Å². The molecule has 0 rings (SSSR count). The van der Waals surface area contributed by atoms with Crippen LogP contribution in [0.25, 0.3) is 0 Å². The molecule has 0 fully saturated rings. The summed E-state index contributed by atoms with van der Waals surface area (Å²) < 4.78 is 15.8. The summed E-state index contributed by atoms with van der Waals surface area (Å²) in [5.74, 6) is 0. The lowest BCUT2D eigenvalue weighted by molar-refractivity contribution is -0.0343. The van der Waals surface area contributed by atoms with Crippen LogP contribution in [0.4, 0.5) is 0 Å². The molecule has 0 spiro atoms. The van der Waals surface area contributed by atoms with E-state index in [0.717, 1.165) is 26.3 Å². The predicted octanol–water partition coefficient (Wildman–Crippen LogP) is 1.05. The fourth-order valence-corrected chi connectivity index (χ4v) is 0.952. The van der Waals surface area contributed by atoms with E-state index in [1.54, 1.807) is 7.11 Å². The first-order valence-corrected chi connectivity index (χ1v) is 5.47. The molecule has 4 nitrogen and oxygen atoms in total. The number of hydrogen-bond donors (Lipinski definition) is 1. The lowest BCUT2D eigenvalue weighted by atomic mass is 10.2. The summed E-state index contributed by atoms with van der Waals surface area (Å²) in [6.45, 7) is 10.6. The van der Waals surface area contributed by atoms with Gasteiger partial charge in [-0.05, 0) is 20.8 Å². The van der Waals surface area contributed by atoms with E-state index in [4.69, 9.17) is 14.2 Å². The molecule has 92 valence electrons. The summed E-state index contributed by atoms with van der Waals surface area (Å²) in [6.07, 6.45) is 0. The van der Waals surface area contributed by atoms with Crippen LogP contribution in [0.1, 0.15) is 20.8 Å². The van der Waals surface area contributed by atoms with E-state index in [1.807, 2.05) is 20.8 Å². The van der Waals surface area contributed by atoms with Gasteiger partial charge in [0.05, 0.1) is 32.0 Å². The lowest BCUT2D eigenvalue weighted by Gasteiger charge is -2.19. The maximum absolute atomic E-state index is 5.51. The van der Waals surface area contributed by atoms with Crippen molar-refractivity contribution >= 4 is 0 Å². The summed E-state index contributed by atoms with van der Waals surface area (Å²) in [6, 6.07) is 0. The number of rotatable bonds is 9. The topological polar surface area (TPSA) is 39.7 Å². The Bertz CT molecular complexity index is 134. The van der Waals surface area contributed by atoms with Crippen molar-refractivity contribution in [1.82, 2.24) is 5.32 Å². The minimum atomic E-state index is -0.0694. The van der Waals surface area contributed by atoms with Gasteiger partial charge >= 0.3 is 0 Å². The molecule has 0 saturated heterocycles. The normalized spacial score (nSPS) is 12.0. The zero-order chi connectivity index (χ0) is 11.6. The highest BCUT2D eigenvalue weighted by Gasteiger charge is 2.08. The van der Waals surface area contributed by atoms with Crippen molar-refractivity contribution in [3.8, 4) is 0 Å². The van der Waals surface area contributed by atoms with Gasteiger partial charge in [0.2, 0.25) is 0 Å². The van der Waals surface area contributed by atoms with Crippen molar-refractivity contribution in [2.75, 3.05) is 46.6 Å². The van der Waals surface area contributed by atoms with E-state index in [9.17, 15) is 0 Å². The SMILES string of the molecule is COCCNCCOCCOC(C)(C)C. The largest absolute Gasteiger partial charge is 0.383 e. The van der Waals surface area contributed by atoms with Gasteiger partial charge in [-0.25, -0.2) is 0 Å². The fraction of sp³-hybridized carbons (Fsp3) is 1.00. The van der Waals surface area contributed by atoms with E-state index in [1.165, 1.54) is 0 Å². The second-order valence-electron chi connectivity index (χ2n) is 4.32. The molecule has 4 heteroatoms. The minimum absolute atomic E-state index is 0.0694. The van der Waals surface area contributed by atoms with Crippen molar-refractivity contribution in [2.45, 2.75) is 26.4 Å². The zero-order valence-electron chi connectivity index (χ0n) is 10.5. The summed E-state index contributed by atoms with van der Waals surface area (Å²) in [5, 5.41) is 3.20. The first kappa shape index (κ1) is 14.8. The van der Waals surface area contributed by atoms with Gasteiger partial charge < -0.3 is 19.5 Å². The van der Waals surface area contributed by atoms with Gasteiger partial charge in [0, 0.05) is 20.2 Å². The van der Waals surface area contributed by atoms with Crippen LogP contribution >= 0.6 is 0 Å². The molecular weight excluding hydrogens is 194 g/mol. The van der Waals surface area contributed by atoms with Gasteiger partial charge in [-0.2, -0.15) is 0 Å². The first-order chi connectivity index (χ1) is 7.06. The number of ether oxygens (including phenoxy) is 3. The summed E-state index contributed by atoms with van der Waals surface area (Å²) in [4.78, 5) is 0. The van der Waals surface area contributed by atoms with Crippen molar-refractivity contribution in [2.24, 2.45) is 0 Å². The van der Waals surface area contributed by atoms with Gasteiger partial charge in [-0.15, -0.1) is 0 Å². The minimum Gasteiger partial charge on any atom is -0.383 e. The highest BCUT2D eigenvalue weighted by molar-refractivity contribution is 4.57. The summed E-state index contributed by atoms with van der Waals surface area (Å²) in [7, 11) is 1.70. The molecule has 0 radical (unpaired) electrons. The molecule has 0 aliphatic heterocycles. The standard InChI is InChI=1S/C11H25NO3/c1-11(2,3)15-10-9-14-8-6-12-5-7-13-4/h12H,5-10H2,1-4H3. The molecular formula is C11H25NO3. The van der Waals surface area contributed by atoms with Crippen LogP contribution < -0.4 is 5.32 Å².